The fourth-order valence-electron chi connectivity index (χ4n) is 2.18. The van der Waals surface area contributed by atoms with E-state index in [1.54, 1.807) is 0 Å². The standard InChI is InChI=1S/C19H15F5N2O3S/c20-16-7-6-15(12-17(16)21)30(28,29)26-10-8-18(27)25-9-2-4-13-3-1-5-14(11-13)19(22,23)24/h1,3,5-7,11-12,26H,8-10H2,(H,25,27). The molecule has 0 aromatic heterocycles. The number of halogens is 5. The van der Waals surface area contributed by atoms with Gasteiger partial charge in [0.25, 0.3) is 0 Å². The van der Waals surface area contributed by atoms with Crippen LogP contribution in [0.2, 0.25) is 0 Å². The first-order chi connectivity index (χ1) is 14.0. The maximum absolute atomic E-state index is 13.1. The average molecular weight is 446 g/mol. The maximum atomic E-state index is 13.1. The predicted octanol–water partition coefficient (Wildman–Crippen LogP) is 2.82. The number of hydrogen-bond donors (Lipinski definition) is 2. The van der Waals surface area contributed by atoms with Crippen molar-refractivity contribution in [2.24, 2.45) is 0 Å². The molecule has 0 bridgehead atoms. The van der Waals surface area contributed by atoms with Crippen LogP contribution in [0.5, 0.6) is 0 Å². The molecule has 0 unspecified atom stereocenters. The molecule has 0 fully saturated rings. The van der Waals surface area contributed by atoms with Crippen LogP contribution in [0.15, 0.2) is 47.4 Å². The van der Waals surface area contributed by atoms with E-state index in [1.165, 1.54) is 12.1 Å². The summed E-state index contributed by atoms with van der Waals surface area (Å²) in [6.07, 6.45) is -4.76. The highest BCUT2D eigenvalue weighted by molar-refractivity contribution is 7.89. The minimum Gasteiger partial charge on any atom is -0.345 e. The molecule has 0 saturated carbocycles. The minimum atomic E-state index is -4.49. The summed E-state index contributed by atoms with van der Waals surface area (Å²) >= 11 is 0. The first-order valence-electron chi connectivity index (χ1n) is 8.36. The van der Waals surface area contributed by atoms with Gasteiger partial charge in [-0.1, -0.05) is 17.9 Å². The van der Waals surface area contributed by atoms with Crippen molar-refractivity contribution in [2.75, 3.05) is 13.1 Å². The maximum Gasteiger partial charge on any atom is 0.416 e. The zero-order valence-corrected chi connectivity index (χ0v) is 16.0. The van der Waals surface area contributed by atoms with E-state index >= 15 is 0 Å². The van der Waals surface area contributed by atoms with Gasteiger partial charge >= 0.3 is 6.18 Å². The van der Waals surface area contributed by atoms with E-state index in [1.807, 2.05) is 0 Å². The lowest BCUT2D eigenvalue weighted by Crippen LogP contribution is -2.31. The molecule has 30 heavy (non-hydrogen) atoms. The number of amides is 1. The van der Waals surface area contributed by atoms with Crippen molar-refractivity contribution in [3.05, 3.63) is 65.2 Å². The summed E-state index contributed by atoms with van der Waals surface area (Å²) in [6, 6.07) is 6.45. The van der Waals surface area contributed by atoms with Crippen LogP contribution in [0.25, 0.3) is 0 Å². The van der Waals surface area contributed by atoms with Gasteiger partial charge in [-0.3, -0.25) is 4.79 Å². The Kier molecular flexibility index (Phi) is 7.53. The van der Waals surface area contributed by atoms with Gasteiger partial charge in [0.1, 0.15) is 0 Å². The van der Waals surface area contributed by atoms with Gasteiger partial charge in [0, 0.05) is 18.5 Å². The van der Waals surface area contributed by atoms with Crippen molar-refractivity contribution >= 4 is 15.9 Å². The van der Waals surface area contributed by atoms with Crippen molar-refractivity contribution in [1.29, 1.82) is 0 Å². The molecule has 0 aliphatic rings. The van der Waals surface area contributed by atoms with Crippen molar-refractivity contribution < 1.29 is 35.2 Å². The number of nitrogens with one attached hydrogen (secondary N) is 2. The molecule has 5 nitrogen and oxygen atoms in total. The SMILES string of the molecule is O=C(CCNS(=O)(=O)c1ccc(F)c(F)c1)NCC#Cc1cccc(C(F)(F)F)c1. The summed E-state index contributed by atoms with van der Waals surface area (Å²) in [6.45, 7) is -0.473. The third-order valence-corrected chi connectivity index (χ3v) is 5.10. The normalized spacial score (nSPS) is 11.5. The summed E-state index contributed by atoms with van der Waals surface area (Å²) in [5, 5.41) is 2.36. The molecule has 0 atom stereocenters. The molecule has 160 valence electrons. The number of carbonyl (C=O) groups is 1. The van der Waals surface area contributed by atoms with Crippen LogP contribution in [0, 0.1) is 23.5 Å². The third kappa shape index (κ3) is 6.82. The lowest BCUT2D eigenvalue weighted by Gasteiger charge is -2.07. The molecule has 0 heterocycles. The van der Waals surface area contributed by atoms with Crippen LogP contribution in [-0.4, -0.2) is 27.4 Å². The van der Waals surface area contributed by atoms with Gasteiger partial charge in [-0.15, -0.1) is 0 Å². The Hall–Kier alpha value is -2.97. The molecular weight excluding hydrogens is 431 g/mol. The third-order valence-electron chi connectivity index (χ3n) is 3.64. The van der Waals surface area contributed by atoms with Crippen molar-refractivity contribution in [2.45, 2.75) is 17.5 Å². The molecule has 1 amide bonds. The number of rotatable bonds is 6. The number of alkyl halides is 3. The van der Waals surface area contributed by atoms with Gasteiger partial charge < -0.3 is 5.32 Å². The molecule has 2 N–H and O–H groups in total. The molecular formula is C19H15F5N2O3S. The zero-order valence-electron chi connectivity index (χ0n) is 15.2. The van der Waals surface area contributed by atoms with Crippen molar-refractivity contribution in [3.8, 4) is 11.8 Å². The molecule has 0 spiro atoms. The first-order valence-corrected chi connectivity index (χ1v) is 9.85. The van der Waals surface area contributed by atoms with E-state index in [0.717, 1.165) is 18.2 Å². The molecule has 2 rings (SSSR count). The minimum absolute atomic E-state index is 0.123. The summed E-state index contributed by atoms with van der Waals surface area (Å²) in [5.74, 6) is 1.88. The van der Waals surface area contributed by atoms with E-state index in [-0.39, 0.29) is 25.1 Å². The second-order valence-corrected chi connectivity index (χ2v) is 7.65. The molecule has 2 aromatic carbocycles. The Labute approximate surface area is 169 Å². The fraction of sp³-hybridized carbons (Fsp3) is 0.211. The van der Waals surface area contributed by atoms with Crippen LogP contribution in [-0.2, 0) is 21.0 Å². The number of hydrogen-bond acceptors (Lipinski definition) is 3. The van der Waals surface area contributed by atoms with Crippen LogP contribution >= 0.6 is 0 Å². The quantitative estimate of drug-likeness (QED) is 0.530. The second kappa shape index (κ2) is 9.69. The van der Waals surface area contributed by atoms with E-state index < -0.39 is 44.2 Å². The Morgan fingerprint density at radius 3 is 2.43 bits per heavy atom. The lowest BCUT2D eigenvalue weighted by atomic mass is 10.1. The van der Waals surface area contributed by atoms with E-state index in [9.17, 15) is 35.2 Å². The van der Waals surface area contributed by atoms with Gasteiger partial charge in [-0.25, -0.2) is 21.9 Å². The number of carbonyl (C=O) groups excluding carboxylic acids is 1. The summed E-state index contributed by atoms with van der Waals surface area (Å²) in [4.78, 5) is 11.2. The van der Waals surface area contributed by atoms with Crippen LogP contribution in [0.3, 0.4) is 0 Å². The van der Waals surface area contributed by atoms with Crippen molar-refractivity contribution in [1.82, 2.24) is 10.0 Å². The van der Waals surface area contributed by atoms with Gasteiger partial charge in [0.05, 0.1) is 17.0 Å². The summed E-state index contributed by atoms with van der Waals surface area (Å²) in [5.41, 5.74) is -0.718. The molecule has 0 aliphatic carbocycles. The monoisotopic (exact) mass is 446 g/mol. The Morgan fingerprint density at radius 1 is 1.03 bits per heavy atom. The highest BCUT2D eigenvalue weighted by Crippen LogP contribution is 2.29. The molecule has 0 radical (unpaired) electrons. The Balaban J connectivity index is 1.81. The van der Waals surface area contributed by atoms with Gasteiger partial charge in [0.2, 0.25) is 15.9 Å². The lowest BCUT2D eigenvalue weighted by molar-refractivity contribution is -0.137. The Bertz CT molecular complexity index is 1090. The zero-order chi connectivity index (χ0) is 22.4. The van der Waals surface area contributed by atoms with Crippen LogP contribution < -0.4 is 10.0 Å². The van der Waals surface area contributed by atoms with Gasteiger partial charge in [-0.2, -0.15) is 13.2 Å². The average Bonchev–Trinajstić information content (AvgIpc) is 2.67. The number of benzene rings is 2. The summed E-state index contributed by atoms with van der Waals surface area (Å²) in [7, 11) is -4.13. The topological polar surface area (TPSA) is 75.3 Å². The molecule has 0 saturated heterocycles. The molecule has 11 heteroatoms. The Morgan fingerprint density at radius 2 is 1.77 bits per heavy atom. The van der Waals surface area contributed by atoms with E-state index in [4.69, 9.17) is 0 Å². The van der Waals surface area contributed by atoms with E-state index in [0.29, 0.717) is 12.1 Å². The predicted molar refractivity (Wildman–Crippen MR) is 97.5 cm³/mol. The molecule has 2 aromatic rings. The summed E-state index contributed by atoms with van der Waals surface area (Å²) < 4.78 is 89.9. The van der Waals surface area contributed by atoms with Gasteiger partial charge in [0.15, 0.2) is 11.6 Å². The van der Waals surface area contributed by atoms with Crippen LogP contribution in [0.4, 0.5) is 22.0 Å². The highest BCUT2D eigenvalue weighted by atomic mass is 32.2. The number of sulfonamides is 1. The largest absolute Gasteiger partial charge is 0.416 e. The first kappa shape index (κ1) is 23.3. The van der Waals surface area contributed by atoms with Crippen molar-refractivity contribution in [3.63, 3.8) is 0 Å². The smallest absolute Gasteiger partial charge is 0.345 e. The fourth-order valence-corrected chi connectivity index (χ4v) is 3.22. The second-order valence-electron chi connectivity index (χ2n) is 5.88. The molecule has 0 aliphatic heterocycles. The van der Waals surface area contributed by atoms with E-state index in [2.05, 4.69) is 21.9 Å². The highest BCUT2D eigenvalue weighted by Gasteiger charge is 2.30. The van der Waals surface area contributed by atoms with Crippen LogP contribution in [0.1, 0.15) is 17.5 Å². The van der Waals surface area contributed by atoms with Gasteiger partial charge in [-0.05, 0) is 36.4 Å².